The van der Waals surface area contributed by atoms with Gasteiger partial charge in [-0.25, -0.2) is 0 Å². The molecule has 0 radical (unpaired) electrons. The topological polar surface area (TPSA) is 81.7 Å². The van der Waals surface area contributed by atoms with E-state index >= 15 is 0 Å². The maximum absolute atomic E-state index is 13.3. The van der Waals surface area contributed by atoms with Gasteiger partial charge in [-0.05, 0) is 62.6 Å². The number of carbonyl (C=O) groups excluding carboxylic acids is 2. The molecule has 0 fully saturated rings. The maximum Gasteiger partial charge on any atom is 0.363 e. The molecule has 30 heavy (non-hydrogen) atoms. The number of benzene rings is 2. The number of carbonyl (C=O) groups is 2. The Morgan fingerprint density at radius 3 is 2.43 bits per heavy atom. The van der Waals surface area contributed by atoms with Crippen molar-refractivity contribution in [2.24, 2.45) is 0 Å². The van der Waals surface area contributed by atoms with Crippen LogP contribution in [0.15, 0.2) is 36.4 Å². The van der Waals surface area contributed by atoms with Crippen molar-refractivity contribution >= 4 is 42.0 Å². The van der Waals surface area contributed by atoms with Crippen LogP contribution in [0.2, 0.25) is 0 Å². The molecule has 2 aromatic rings. The first kappa shape index (κ1) is 22.8. The van der Waals surface area contributed by atoms with Crippen LogP contribution in [-0.2, 0) is 18.4 Å². The molecule has 1 aliphatic rings. The summed E-state index contributed by atoms with van der Waals surface area (Å²) in [6.45, 7) is 7.82. The van der Waals surface area contributed by atoms with E-state index in [9.17, 15) is 14.2 Å². The summed E-state index contributed by atoms with van der Waals surface area (Å²) >= 11 is 1.30. The lowest BCUT2D eigenvalue weighted by Gasteiger charge is -2.26. The van der Waals surface area contributed by atoms with Gasteiger partial charge in [-0.2, -0.15) is 0 Å². The van der Waals surface area contributed by atoms with Gasteiger partial charge in [0.15, 0.2) is 5.78 Å². The molecular weight excluding hydrogens is 421 g/mol. The maximum atomic E-state index is 13.3. The molecule has 0 saturated carbocycles. The Hall–Kier alpha value is -1.92. The van der Waals surface area contributed by atoms with Crippen LogP contribution < -0.4 is 10.6 Å². The summed E-state index contributed by atoms with van der Waals surface area (Å²) in [6, 6.07) is 10.6. The molecule has 3 rings (SSSR count). The molecule has 1 unspecified atom stereocenters. The SMILES string of the molecule is CCOP(=O)(OCC)c1ccccc1NC(=O)C1SCC(=O)c2cc(C)c(C)cc21. The number of thioether (sulfide) groups is 1. The zero-order valence-corrected chi connectivity index (χ0v) is 19.3. The summed E-state index contributed by atoms with van der Waals surface area (Å²) in [6.07, 6.45) is 0. The lowest BCUT2D eigenvalue weighted by Crippen LogP contribution is -2.28. The first-order chi connectivity index (χ1) is 14.3. The number of rotatable bonds is 7. The standard InChI is InChI=1S/C22H26NO5PS/c1-5-27-29(26,28-6-2)20-10-8-7-9-18(20)23-22(25)21-17-12-15(4)14(3)11-16(17)19(24)13-30-21/h7-12,21H,5-6,13H2,1-4H3,(H,23,25). The number of amides is 1. The normalized spacial score (nSPS) is 16.3. The zero-order valence-electron chi connectivity index (χ0n) is 17.6. The van der Waals surface area contributed by atoms with Crippen molar-refractivity contribution in [2.45, 2.75) is 32.9 Å². The zero-order chi connectivity index (χ0) is 21.9. The van der Waals surface area contributed by atoms with Crippen molar-refractivity contribution in [1.29, 1.82) is 0 Å². The fourth-order valence-electron chi connectivity index (χ4n) is 3.37. The van der Waals surface area contributed by atoms with Crippen molar-refractivity contribution in [3.8, 4) is 0 Å². The molecule has 0 aromatic heterocycles. The van der Waals surface area contributed by atoms with E-state index in [1.165, 1.54) is 11.8 Å². The van der Waals surface area contributed by atoms with Crippen LogP contribution in [0, 0.1) is 13.8 Å². The molecule has 1 atom stereocenters. The molecule has 0 bridgehead atoms. The fraction of sp³-hybridized carbons (Fsp3) is 0.364. The third-order valence-corrected chi connectivity index (χ3v) is 8.33. The van der Waals surface area contributed by atoms with Crippen LogP contribution in [0.25, 0.3) is 0 Å². The number of anilines is 1. The van der Waals surface area contributed by atoms with Gasteiger partial charge in [-0.1, -0.05) is 18.2 Å². The average molecular weight is 447 g/mol. The number of para-hydroxylation sites is 1. The van der Waals surface area contributed by atoms with Gasteiger partial charge in [0.2, 0.25) is 5.91 Å². The highest BCUT2D eigenvalue weighted by molar-refractivity contribution is 8.01. The second kappa shape index (κ2) is 9.48. The van der Waals surface area contributed by atoms with E-state index in [0.717, 1.165) is 11.1 Å². The summed E-state index contributed by atoms with van der Waals surface area (Å²) < 4.78 is 24.2. The summed E-state index contributed by atoms with van der Waals surface area (Å²) in [7, 11) is -3.57. The minimum atomic E-state index is -3.57. The van der Waals surface area contributed by atoms with Crippen molar-refractivity contribution < 1.29 is 23.2 Å². The Labute approximate surface area is 181 Å². The average Bonchev–Trinajstić information content (AvgIpc) is 2.70. The number of ketones is 1. The number of hydrogen-bond acceptors (Lipinski definition) is 6. The Bertz CT molecular complexity index is 1010. The molecule has 0 saturated heterocycles. The molecule has 160 valence electrons. The van der Waals surface area contributed by atoms with Gasteiger partial charge in [-0.15, -0.1) is 11.8 Å². The number of nitrogens with one attached hydrogen (secondary N) is 1. The predicted octanol–water partition coefficient (Wildman–Crippen LogP) is 4.80. The van der Waals surface area contributed by atoms with Crippen molar-refractivity contribution in [2.75, 3.05) is 24.3 Å². The largest absolute Gasteiger partial charge is 0.363 e. The van der Waals surface area contributed by atoms with E-state index in [-0.39, 0.29) is 30.7 Å². The highest BCUT2D eigenvalue weighted by Crippen LogP contribution is 2.49. The van der Waals surface area contributed by atoms with Crippen LogP contribution in [0.3, 0.4) is 0 Å². The molecular formula is C22H26NO5PS. The van der Waals surface area contributed by atoms with Gasteiger partial charge >= 0.3 is 7.60 Å². The van der Waals surface area contributed by atoms with Gasteiger partial charge in [0.25, 0.3) is 0 Å². The van der Waals surface area contributed by atoms with E-state index in [1.54, 1.807) is 38.1 Å². The van der Waals surface area contributed by atoms with Gasteiger partial charge in [0.1, 0.15) is 5.25 Å². The summed E-state index contributed by atoms with van der Waals surface area (Å²) in [5.74, 6) is -0.00485. The van der Waals surface area contributed by atoms with E-state index in [0.29, 0.717) is 22.1 Å². The van der Waals surface area contributed by atoms with E-state index in [4.69, 9.17) is 9.05 Å². The van der Waals surface area contributed by atoms with Crippen LogP contribution >= 0.6 is 19.4 Å². The molecule has 8 heteroatoms. The molecule has 1 N–H and O–H groups in total. The van der Waals surface area contributed by atoms with Gasteiger partial charge < -0.3 is 14.4 Å². The van der Waals surface area contributed by atoms with Crippen molar-refractivity contribution in [1.82, 2.24) is 0 Å². The summed E-state index contributed by atoms with van der Waals surface area (Å²) in [5, 5.41) is 2.67. The highest BCUT2D eigenvalue weighted by atomic mass is 32.2. The first-order valence-electron chi connectivity index (χ1n) is 9.86. The number of Topliss-reactive ketones (excluding diaryl/α,β-unsaturated/α-hetero) is 1. The Morgan fingerprint density at radius 1 is 1.13 bits per heavy atom. The molecule has 6 nitrogen and oxygen atoms in total. The van der Waals surface area contributed by atoms with Crippen molar-refractivity contribution in [3.05, 3.63) is 58.7 Å². The van der Waals surface area contributed by atoms with Gasteiger partial charge in [0, 0.05) is 5.56 Å². The third-order valence-electron chi connectivity index (χ3n) is 4.92. The fourth-order valence-corrected chi connectivity index (χ4v) is 6.16. The molecule has 0 aliphatic carbocycles. The lowest BCUT2D eigenvalue weighted by molar-refractivity contribution is -0.115. The van der Waals surface area contributed by atoms with Gasteiger partial charge in [-0.3, -0.25) is 14.2 Å². The number of hydrogen-bond donors (Lipinski definition) is 1. The minimum Gasteiger partial charge on any atom is -0.324 e. The monoisotopic (exact) mass is 447 g/mol. The Kier molecular flexibility index (Phi) is 7.19. The summed E-state index contributed by atoms with van der Waals surface area (Å²) in [4.78, 5) is 25.6. The van der Waals surface area contributed by atoms with Crippen LogP contribution in [0.4, 0.5) is 5.69 Å². The van der Waals surface area contributed by atoms with Crippen molar-refractivity contribution in [3.63, 3.8) is 0 Å². The minimum absolute atomic E-state index is 0.0275. The predicted molar refractivity (Wildman–Crippen MR) is 121 cm³/mol. The van der Waals surface area contributed by atoms with Crippen LogP contribution in [0.5, 0.6) is 0 Å². The quantitative estimate of drug-likeness (QED) is 0.614. The molecule has 1 heterocycles. The molecule has 1 aliphatic heterocycles. The smallest absolute Gasteiger partial charge is 0.324 e. The third kappa shape index (κ3) is 4.54. The number of aryl methyl sites for hydroxylation is 2. The highest BCUT2D eigenvalue weighted by Gasteiger charge is 2.34. The Balaban J connectivity index is 1.95. The van der Waals surface area contributed by atoms with Crippen LogP contribution in [0.1, 0.15) is 46.1 Å². The van der Waals surface area contributed by atoms with Crippen LogP contribution in [-0.4, -0.2) is 30.7 Å². The molecule has 0 spiro atoms. The number of fused-ring (bicyclic) bond motifs is 1. The first-order valence-corrected chi connectivity index (χ1v) is 12.4. The second-order valence-corrected chi connectivity index (χ2v) is 10.1. The lowest BCUT2D eigenvalue weighted by atomic mass is 9.94. The second-order valence-electron chi connectivity index (χ2n) is 6.98. The Morgan fingerprint density at radius 2 is 1.77 bits per heavy atom. The van der Waals surface area contributed by atoms with Gasteiger partial charge in [0.05, 0.1) is 30.0 Å². The molecule has 2 aromatic carbocycles. The summed E-state index contributed by atoms with van der Waals surface area (Å²) in [5.41, 5.74) is 3.75. The van der Waals surface area contributed by atoms with E-state index in [1.807, 2.05) is 26.0 Å². The van der Waals surface area contributed by atoms with E-state index < -0.39 is 12.8 Å². The molecule has 1 amide bonds. The van der Waals surface area contributed by atoms with E-state index in [2.05, 4.69) is 5.32 Å².